The molecule has 0 aromatic carbocycles. The van der Waals surface area contributed by atoms with Crippen LogP contribution >= 0.6 is 0 Å². The van der Waals surface area contributed by atoms with E-state index in [9.17, 15) is 14.4 Å². The average molecular weight is 244 g/mol. The van der Waals surface area contributed by atoms with E-state index < -0.39 is 23.9 Å². The number of ether oxygens (including phenoxy) is 1. The first-order valence-electron chi connectivity index (χ1n) is 5.37. The number of carboxylic acid groups (broad SMARTS) is 1. The first kappa shape index (κ1) is 13.3. The number of urea groups is 1. The zero-order valence-corrected chi connectivity index (χ0v) is 9.64. The van der Waals surface area contributed by atoms with Crippen molar-refractivity contribution in [3.8, 4) is 0 Å². The van der Waals surface area contributed by atoms with E-state index in [4.69, 9.17) is 5.11 Å². The normalized spacial score (nSPS) is 19.6. The van der Waals surface area contributed by atoms with Gasteiger partial charge in [0, 0.05) is 13.1 Å². The number of hydrogen-bond acceptors (Lipinski definition) is 4. The molecule has 7 heteroatoms. The first-order chi connectivity index (χ1) is 8.04. The van der Waals surface area contributed by atoms with E-state index in [0.29, 0.717) is 19.4 Å². The lowest BCUT2D eigenvalue weighted by atomic mass is 9.99. The van der Waals surface area contributed by atoms with Gasteiger partial charge in [0.1, 0.15) is 6.54 Å². The molecule has 0 radical (unpaired) electrons. The Balaban J connectivity index is 2.41. The third-order valence-corrected chi connectivity index (χ3v) is 2.67. The molecule has 0 bridgehead atoms. The van der Waals surface area contributed by atoms with Crippen LogP contribution in [-0.4, -0.2) is 54.7 Å². The molecule has 1 rings (SSSR count). The molecule has 1 aliphatic heterocycles. The summed E-state index contributed by atoms with van der Waals surface area (Å²) < 4.78 is 4.38. The molecule has 1 aliphatic rings. The molecule has 96 valence electrons. The van der Waals surface area contributed by atoms with Gasteiger partial charge in [-0.1, -0.05) is 0 Å². The van der Waals surface area contributed by atoms with Gasteiger partial charge >= 0.3 is 18.0 Å². The second-order valence-electron chi connectivity index (χ2n) is 3.86. The molecule has 1 heterocycles. The summed E-state index contributed by atoms with van der Waals surface area (Å²) >= 11 is 0. The highest BCUT2D eigenvalue weighted by Gasteiger charge is 2.28. The van der Waals surface area contributed by atoms with Crippen LogP contribution in [0.1, 0.15) is 12.8 Å². The smallest absolute Gasteiger partial charge is 0.325 e. The topological polar surface area (TPSA) is 95.9 Å². The van der Waals surface area contributed by atoms with Gasteiger partial charge < -0.3 is 20.1 Å². The van der Waals surface area contributed by atoms with Crippen LogP contribution in [0.5, 0.6) is 0 Å². The minimum absolute atomic E-state index is 0.183. The van der Waals surface area contributed by atoms with Gasteiger partial charge in [-0.3, -0.25) is 9.59 Å². The summed E-state index contributed by atoms with van der Waals surface area (Å²) in [5.41, 5.74) is 0. The molecule has 0 unspecified atom stereocenters. The van der Waals surface area contributed by atoms with Crippen LogP contribution in [0.4, 0.5) is 4.79 Å². The number of rotatable bonds is 3. The van der Waals surface area contributed by atoms with Crippen molar-refractivity contribution in [3.63, 3.8) is 0 Å². The standard InChI is InChI=1S/C10H16N2O5/c1-17-8(13)5-11-10(16)12-4-2-3-7(6-12)9(14)15/h7H,2-6H2,1H3,(H,11,16)(H,14,15)/t7-/m0/s1. The Morgan fingerprint density at radius 1 is 1.47 bits per heavy atom. The van der Waals surface area contributed by atoms with Gasteiger partial charge in [0.2, 0.25) is 0 Å². The fourth-order valence-corrected chi connectivity index (χ4v) is 1.69. The summed E-state index contributed by atoms with van der Waals surface area (Å²) in [6.07, 6.45) is 1.23. The van der Waals surface area contributed by atoms with Crippen molar-refractivity contribution < 1.29 is 24.2 Å². The molecule has 0 saturated carbocycles. The van der Waals surface area contributed by atoms with Crippen molar-refractivity contribution in [1.29, 1.82) is 0 Å². The number of carbonyl (C=O) groups is 3. The fourth-order valence-electron chi connectivity index (χ4n) is 1.69. The van der Waals surface area contributed by atoms with Crippen LogP contribution in [-0.2, 0) is 14.3 Å². The maximum atomic E-state index is 11.6. The van der Waals surface area contributed by atoms with Crippen LogP contribution in [0.25, 0.3) is 0 Å². The lowest BCUT2D eigenvalue weighted by Gasteiger charge is -2.30. The van der Waals surface area contributed by atoms with E-state index in [1.165, 1.54) is 12.0 Å². The third kappa shape index (κ3) is 3.93. The lowest BCUT2D eigenvalue weighted by Crippen LogP contribution is -2.48. The summed E-state index contributed by atoms with van der Waals surface area (Å²) in [4.78, 5) is 34.6. The number of esters is 1. The van der Waals surface area contributed by atoms with Gasteiger partial charge in [-0.25, -0.2) is 4.79 Å². The average Bonchev–Trinajstić information content (AvgIpc) is 2.35. The highest BCUT2D eigenvalue weighted by atomic mass is 16.5. The zero-order valence-electron chi connectivity index (χ0n) is 9.64. The first-order valence-corrected chi connectivity index (χ1v) is 5.37. The van der Waals surface area contributed by atoms with E-state index in [-0.39, 0.29) is 13.1 Å². The number of carboxylic acids is 1. The number of nitrogens with one attached hydrogen (secondary N) is 1. The molecular weight excluding hydrogens is 228 g/mol. The van der Waals surface area contributed by atoms with Gasteiger partial charge in [0.05, 0.1) is 13.0 Å². The summed E-state index contributed by atoms with van der Waals surface area (Å²) in [5, 5.41) is 11.2. The number of methoxy groups -OCH3 is 1. The Morgan fingerprint density at radius 3 is 2.76 bits per heavy atom. The number of likely N-dealkylation sites (tertiary alicyclic amines) is 1. The number of carbonyl (C=O) groups excluding carboxylic acids is 2. The van der Waals surface area contributed by atoms with Gasteiger partial charge in [-0.05, 0) is 12.8 Å². The zero-order chi connectivity index (χ0) is 12.8. The quantitative estimate of drug-likeness (QED) is 0.662. The second-order valence-corrected chi connectivity index (χ2v) is 3.86. The van der Waals surface area contributed by atoms with E-state index in [1.807, 2.05) is 0 Å². The van der Waals surface area contributed by atoms with Crippen LogP contribution in [0.2, 0.25) is 0 Å². The summed E-state index contributed by atoms with van der Waals surface area (Å²) in [6.45, 7) is 0.489. The Morgan fingerprint density at radius 2 is 2.18 bits per heavy atom. The number of nitrogens with zero attached hydrogens (tertiary/aromatic N) is 1. The number of aliphatic carboxylic acids is 1. The molecule has 7 nitrogen and oxygen atoms in total. The Bertz CT molecular complexity index is 318. The Hall–Kier alpha value is -1.79. The number of piperidine rings is 1. The SMILES string of the molecule is COC(=O)CNC(=O)N1CCC[C@H](C(=O)O)C1. The maximum Gasteiger partial charge on any atom is 0.325 e. The van der Waals surface area contributed by atoms with Crippen molar-refractivity contribution in [3.05, 3.63) is 0 Å². The van der Waals surface area contributed by atoms with Gasteiger partial charge in [-0.2, -0.15) is 0 Å². The second kappa shape index (κ2) is 6.07. The summed E-state index contributed by atoms with van der Waals surface area (Å²) in [7, 11) is 1.23. The van der Waals surface area contributed by atoms with Crippen LogP contribution in [0.3, 0.4) is 0 Å². The molecule has 2 N–H and O–H groups in total. The maximum absolute atomic E-state index is 11.6. The van der Waals surface area contributed by atoms with E-state index >= 15 is 0 Å². The number of amides is 2. The molecule has 1 saturated heterocycles. The predicted molar refractivity (Wildman–Crippen MR) is 57.3 cm³/mol. The van der Waals surface area contributed by atoms with E-state index in [1.54, 1.807) is 0 Å². The predicted octanol–water partition coefficient (Wildman–Crippen LogP) is -0.334. The molecule has 1 fully saturated rings. The highest BCUT2D eigenvalue weighted by Crippen LogP contribution is 2.16. The van der Waals surface area contributed by atoms with Crippen LogP contribution in [0, 0.1) is 5.92 Å². The highest BCUT2D eigenvalue weighted by molar-refractivity contribution is 5.81. The van der Waals surface area contributed by atoms with Crippen molar-refractivity contribution in [2.75, 3.05) is 26.7 Å². The number of hydrogen-bond donors (Lipinski definition) is 2. The van der Waals surface area contributed by atoms with Gasteiger partial charge in [-0.15, -0.1) is 0 Å². The Kier molecular flexibility index (Phi) is 4.74. The molecule has 0 aliphatic carbocycles. The molecule has 17 heavy (non-hydrogen) atoms. The molecule has 1 atom stereocenters. The lowest BCUT2D eigenvalue weighted by molar-refractivity contribution is -0.143. The van der Waals surface area contributed by atoms with Crippen LogP contribution < -0.4 is 5.32 Å². The molecule has 0 aromatic rings. The third-order valence-electron chi connectivity index (χ3n) is 2.67. The Labute approximate surface area is 98.7 Å². The molecule has 2 amide bonds. The summed E-state index contributed by atoms with van der Waals surface area (Å²) in [6, 6.07) is -0.429. The monoisotopic (exact) mass is 244 g/mol. The largest absolute Gasteiger partial charge is 0.481 e. The minimum atomic E-state index is -0.893. The van der Waals surface area contributed by atoms with Crippen molar-refractivity contribution >= 4 is 18.0 Å². The van der Waals surface area contributed by atoms with Gasteiger partial charge in [0.25, 0.3) is 0 Å². The van der Waals surface area contributed by atoms with Crippen LogP contribution in [0.15, 0.2) is 0 Å². The molecule has 0 spiro atoms. The van der Waals surface area contributed by atoms with Crippen molar-refractivity contribution in [2.45, 2.75) is 12.8 Å². The summed E-state index contributed by atoms with van der Waals surface area (Å²) in [5.74, 6) is -1.95. The van der Waals surface area contributed by atoms with Crippen molar-refractivity contribution in [1.82, 2.24) is 10.2 Å². The van der Waals surface area contributed by atoms with Gasteiger partial charge in [0.15, 0.2) is 0 Å². The molecule has 0 aromatic heterocycles. The van der Waals surface area contributed by atoms with E-state index in [2.05, 4.69) is 10.1 Å². The minimum Gasteiger partial charge on any atom is -0.481 e. The molecular formula is C10H16N2O5. The fraction of sp³-hybridized carbons (Fsp3) is 0.700. The van der Waals surface area contributed by atoms with Crippen molar-refractivity contribution in [2.24, 2.45) is 5.92 Å². The van der Waals surface area contributed by atoms with E-state index in [0.717, 1.165) is 0 Å².